The van der Waals surface area contributed by atoms with Crippen LogP contribution in [0.2, 0.25) is 5.02 Å². The summed E-state index contributed by atoms with van der Waals surface area (Å²) in [7, 11) is 2.13. The van der Waals surface area contributed by atoms with Crippen LogP contribution in [0.5, 0.6) is 5.75 Å². The second-order valence-electron chi connectivity index (χ2n) is 4.84. The zero-order valence-electron chi connectivity index (χ0n) is 11.3. The number of likely N-dealkylation sites (N-methyl/N-ethyl adjacent to an activating group) is 1. The van der Waals surface area contributed by atoms with Crippen molar-refractivity contribution in [2.24, 2.45) is 0 Å². The lowest BCUT2D eigenvalue weighted by Gasteiger charge is -2.29. The van der Waals surface area contributed by atoms with Crippen LogP contribution in [-0.2, 0) is 4.79 Å². The van der Waals surface area contributed by atoms with Crippen LogP contribution < -0.4 is 15.1 Å². The molecular formula is C13H18ClFN3O2+. The van der Waals surface area contributed by atoms with Gasteiger partial charge in [-0.15, -0.1) is 0 Å². The Hall–Kier alpha value is -1.37. The molecule has 0 unspecified atom stereocenters. The van der Waals surface area contributed by atoms with E-state index in [0.717, 1.165) is 26.2 Å². The van der Waals surface area contributed by atoms with Crippen LogP contribution in [0, 0.1) is 5.82 Å². The van der Waals surface area contributed by atoms with Crippen molar-refractivity contribution in [3.8, 4) is 5.75 Å². The minimum atomic E-state index is -0.511. The van der Waals surface area contributed by atoms with Crippen molar-refractivity contribution in [2.45, 2.75) is 0 Å². The van der Waals surface area contributed by atoms with Crippen LogP contribution in [-0.4, -0.2) is 50.7 Å². The topological polar surface area (TPSA) is 46.0 Å². The van der Waals surface area contributed by atoms with Crippen LogP contribution in [0.25, 0.3) is 0 Å². The third kappa shape index (κ3) is 4.33. The molecule has 1 aliphatic heterocycles. The number of nitrogens with zero attached hydrogens (tertiary/aromatic N) is 1. The van der Waals surface area contributed by atoms with E-state index in [9.17, 15) is 9.18 Å². The molecule has 2 rings (SSSR count). The van der Waals surface area contributed by atoms with Gasteiger partial charge in [0.1, 0.15) is 11.6 Å². The summed E-state index contributed by atoms with van der Waals surface area (Å²) in [6.07, 6.45) is 0. The minimum Gasteiger partial charge on any atom is -0.484 e. The highest BCUT2D eigenvalue weighted by molar-refractivity contribution is 6.30. The van der Waals surface area contributed by atoms with Crippen LogP contribution >= 0.6 is 11.6 Å². The number of rotatable bonds is 4. The van der Waals surface area contributed by atoms with Crippen molar-refractivity contribution < 1.29 is 18.8 Å². The summed E-state index contributed by atoms with van der Waals surface area (Å²) >= 11 is 5.63. The lowest BCUT2D eigenvalue weighted by molar-refractivity contribution is -0.884. The highest BCUT2D eigenvalue weighted by atomic mass is 35.5. The fourth-order valence-electron chi connectivity index (χ4n) is 1.92. The quantitative estimate of drug-likeness (QED) is 0.804. The molecule has 0 aliphatic carbocycles. The van der Waals surface area contributed by atoms with Gasteiger partial charge in [0.15, 0.2) is 6.61 Å². The average Bonchev–Trinajstić information content (AvgIpc) is 2.43. The van der Waals surface area contributed by atoms with Gasteiger partial charge >= 0.3 is 0 Å². The molecule has 1 aliphatic rings. The lowest BCUT2D eigenvalue weighted by atomic mass is 10.3. The summed E-state index contributed by atoms with van der Waals surface area (Å²) < 4.78 is 18.2. The van der Waals surface area contributed by atoms with Crippen LogP contribution in [0.1, 0.15) is 0 Å². The fraction of sp³-hybridized carbons (Fsp3) is 0.462. The number of ether oxygens (including phenoxy) is 1. The number of hydrogen-bond donors (Lipinski definition) is 2. The van der Waals surface area contributed by atoms with Crippen molar-refractivity contribution in [1.29, 1.82) is 0 Å². The largest absolute Gasteiger partial charge is 0.484 e. The molecule has 0 spiro atoms. The van der Waals surface area contributed by atoms with Gasteiger partial charge in [-0.3, -0.25) is 10.2 Å². The number of halogens is 2. The first-order chi connectivity index (χ1) is 9.54. The van der Waals surface area contributed by atoms with E-state index in [0.29, 0.717) is 5.75 Å². The first kappa shape index (κ1) is 15.0. The molecule has 0 aromatic heterocycles. The molecule has 0 radical (unpaired) electrons. The van der Waals surface area contributed by atoms with E-state index in [1.807, 2.05) is 5.01 Å². The second-order valence-corrected chi connectivity index (χ2v) is 5.25. The molecule has 1 amide bonds. The Balaban J connectivity index is 1.76. The van der Waals surface area contributed by atoms with Crippen molar-refractivity contribution in [2.75, 3.05) is 39.8 Å². The van der Waals surface area contributed by atoms with E-state index < -0.39 is 5.82 Å². The number of amides is 1. The molecule has 0 atom stereocenters. The molecule has 1 saturated heterocycles. The van der Waals surface area contributed by atoms with Gasteiger partial charge in [-0.05, 0) is 12.1 Å². The molecule has 0 bridgehead atoms. The molecule has 1 heterocycles. The molecule has 20 heavy (non-hydrogen) atoms. The lowest BCUT2D eigenvalue weighted by Crippen LogP contribution is -3.12. The number of piperazine rings is 1. The van der Waals surface area contributed by atoms with E-state index >= 15 is 0 Å². The van der Waals surface area contributed by atoms with Gasteiger partial charge in [-0.25, -0.2) is 9.40 Å². The van der Waals surface area contributed by atoms with Gasteiger partial charge < -0.3 is 9.64 Å². The van der Waals surface area contributed by atoms with Gasteiger partial charge in [0.2, 0.25) is 0 Å². The molecule has 110 valence electrons. The standard InChI is InChI=1S/C13H17ClFN3O2/c1-17-4-6-18(7-5-17)16-13(19)9-20-10-2-3-12(15)11(14)8-10/h2-3,8H,4-7,9H2,1H3,(H,16,19)/p+1. The highest BCUT2D eigenvalue weighted by Crippen LogP contribution is 2.20. The Kier molecular flexibility index (Phi) is 5.17. The first-order valence-corrected chi connectivity index (χ1v) is 6.86. The van der Waals surface area contributed by atoms with E-state index in [2.05, 4.69) is 12.5 Å². The zero-order chi connectivity index (χ0) is 14.5. The number of carbonyl (C=O) groups is 1. The summed E-state index contributed by atoms with van der Waals surface area (Å²) in [5, 5.41) is 1.86. The normalized spacial score (nSPS) is 16.9. The number of hydrogen-bond acceptors (Lipinski definition) is 3. The van der Waals surface area contributed by atoms with E-state index in [-0.39, 0.29) is 17.5 Å². The van der Waals surface area contributed by atoms with E-state index in [1.165, 1.54) is 23.1 Å². The third-order valence-electron chi connectivity index (χ3n) is 3.16. The fourth-order valence-corrected chi connectivity index (χ4v) is 2.09. The summed E-state index contributed by atoms with van der Waals surface area (Å²) in [5.74, 6) is -0.372. The smallest absolute Gasteiger partial charge is 0.272 e. The monoisotopic (exact) mass is 302 g/mol. The molecule has 1 fully saturated rings. The van der Waals surface area contributed by atoms with Gasteiger partial charge in [0, 0.05) is 6.07 Å². The maximum Gasteiger partial charge on any atom is 0.272 e. The Bertz CT molecular complexity index is 479. The summed E-state index contributed by atoms with van der Waals surface area (Å²) in [6.45, 7) is 3.50. The Labute approximate surface area is 122 Å². The summed E-state index contributed by atoms with van der Waals surface area (Å²) in [4.78, 5) is 13.2. The molecule has 0 saturated carbocycles. The Morgan fingerprint density at radius 2 is 2.20 bits per heavy atom. The molecule has 1 aromatic carbocycles. The number of hydrazine groups is 1. The molecule has 2 N–H and O–H groups in total. The number of benzene rings is 1. The second kappa shape index (κ2) is 6.88. The van der Waals surface area contributed by atoms with E-state index in [1.54, 1.807) is 0 Å². The maximum absolute atomic E-state index is 13.0. The van der Waals surface area contributed by atoms with Crippen molar-refractivity contribution in [1.82, 2.24) is 10.4 Å². The molecule has 1 aromatic rings. The average molecular weight is 303 g/mol. The Morgan fingerprint density at radius 3 is 2.85 bits per heavy atom. The van der Waals surface area contributed by atoms with Crippen molar-refractivity contribution in [3.63, 3.8) is 0 Å². The minimum absolute atomic E-state index is 0.0232. The highest BCUT2D eigenvalue weighted by Gasteiger charge is 2.18. The van der Waals surface area contributed by atoms with Crippen LogP contribution in [0.15, 0.2) is 18.2 Å². The van der Waals surface area contributed by atoms with Gasteiger partial charge in [-0.1, -0.05) is 11.6 Å². The van der Waals surface area contributed by atoms with Gasteiger partial charge in [0.05, 0.1) is 38.2 Å². The Morgan fingerprint density at radius 1 is 1.50 bits per heavy atom. The molecule has 7 heteroatoms. The SMILES string of the molecule is C[NH+]1CCN(NC(=O)COc2ccc(F)c(Cl)c2)CC1. The maximum atomic E-state index is 13.0. The van der Waals surface area contributed by atoms with Gasteiger partial charge in [-0.2, -0.15) is 0 Å². The summed E-state index contributed by atoms with van der Waals surface area (Å²) in [6, 6.07) is 4.00. The number of carbonyl (C=O) groups excluding carboxylic acids is 1. The van der Waals surface area contributed by atoms with Crippen LogP contribution in [0.4, 0.5) is 4.39 Å². The number of quaternary nitrogens is 1. The van der Waals surface area contributed by atoms with Crippen LogP contribution in [0.3, 0.4) is 0 Å². The van der Waals surface area contributed by atoms with Crippen molar-refractivity contribution in [3.05, 3.63) is 29.0 Å². The summed E-state index contributed by atoms with van der Waals surface area (Å²) in [5.41, 5.74) is 2.78. The molecular weight excluding hydrogens is 285 g/mol. The van der Waals surface area contributed by atoms with Crippen molar-refractivity contribution >= 4 is 17.5 Å². The number of nitrogens with one attached hydrogen (secondary N) is 2. The molecule has 5 nitrogen and oxygen atoms in total. The third-order valence-corrected chi connectivity index (χ3v) is 3.45. The predicted molar refractivity (Wildman–Crippen MR) is 73.2 cm³/mol. The van der Waals surface area contributed by atoms with Gasteiger partial charge in [0.25, 0.3) is 5.91 Å². The predicted octanol–water partition coefficient (Wildman–Crippen LogP) is -0.281. The van der Waals surface area contributed by atoms with E-state index in [4.69, 9.17) is 16.3 Å². The first-order valence-electron chi connectivity index (χ1n) is 6.48. The zero-order valence-corrected chi connectivity index (χ0v) is 12.0.